The molecule has 0 spiro atoms. The van der Waals surface area contributed by atoms with Crippen LogP contribution in [-0.4, -0.2) is 71.0 Å². The topological polar surface area (TPSA) is 74.9 Å². The van der Waals surface area contributed by atoms with E-state index >= 15 is 0 Å². The molecule has 0 amide bonds. The second kappa shape index (κ2) is 12.6. The lowest BCUT2D eigenvalue weighted by Gasteiger charge is -2.39. The van der Waals surface area contributed by atoms with Crippen molar-refractivity contribution >= 4 is 29.9 Å². The van der Waals surface area contributed by atoms with Crippen LogP contribution in [0, 0.1) is 11.8 Å². The Kier molecular flexibility index (Phi) is 11.2. The summed E-state index contributed by atoms with van der Waals surface area (Å²) in [6.45, 7) is 12.6. The average Bonchev–Trinajstić information content (AvgIpc) is 3.13. The number of aliphatic hydroxyl groups excluding tert-OH is 1. The molecule has 8 heteroatoms. The number of nitrogens with zero attached hydrogens (tertiary/aromatic N) is 4. The zero-order valence-corrected chi connectivity index (χ0v) is 19.4. The van der Waals surface area contributed by atoms with Crippen LogP contribution in [0.25, 0.3) is 0 Å². The van der Waals surface area contributed by atoms with Crippen molar-refractivity contribution in [2.24, 2.45) is 16.8 Å². The molecule has 1 aliphatic rings. The lowest BCUT2D eigenvalue weighted by Crippen LogP contribution is -2.49. The number of aliphatic hydroxyl groups is 1. The van der Waals surface area contributed by atoms with Gasteiger partial charge in [0, 0.05) is 38.6 Å². The van der Waals surface area contributed by atoms with Gasteiger partial charge in [-0.15, -0.1) is 24.0 Å². The third-order valence-electron chi connectivity index (χ3n) is 4.67. The third kappa shape index (κ3) is 7.95. The highest BCUT2D eigenvalue weighted by atomic mass is 127. The highest BCUT2D eigenvalue weighted by Gasteiger charge is 2.28. The van der Waals surface area contributed by atoms with Gasteiger partial charge in [-0.1, -0.05) is 20.8 Å². The molecule has 156 valence electrons. The minimum Gasteiger partial charge on any atom is -0.389 e. The maximum Gasteiger partial charge on any atom is 0.194 e. The average molecular weight is 493 g/mol. The van der Waals surface area contributed by atoms with Crippen molar-refractivity contribution in [1.29, 1.82) is 0 Å². The molecule has 0 aliphatic carbocycles. The Morgan fingerprint density at radius 1 is 1.41 bits per heavy atom. The maximum atomic E-state index is 10.1. The molecule has 7 nitrogen and oxygen atoms in total. The van der Waals surface area contributed by atoms with Gasteiger partial charge < -0.3 is 24.6 Å². The smallest absolute Gasteiger partial charge is 0.194 e. The van der Waals surface area contributed by atoms with Gasteiger partial charge in [-0.05, 0) is 25.2 Å². The summed E-state index contributed by atoms with van der Waals surface area (Å²) >= 11 is 0. The van der Waals surface area contributed by atoms with Crippen LogP contribution in [0.15, 0.2) is 23.7 Å². The summed E-state index contributed by atoms with van der Waals surface area (Å²) in [7, 11) is 0. The number of likely N-dealkylation sites (tertiary alicyclic amines) is 1. The fourth-order valence-electron chi connectivity index (χ4n) is 3.21. The molecule has 0 radical (unpaired) electrons. The first-order valence-electron chi connectivity index (χ1n) is 9.77. The van der Waals surface area contributed by atoms with E-state index in [1.54, 1.807) is 0 Å². The Morgan fingerprint density at radius 3 is 2.81 bits per heavy atom. The summed E-state index contributed by atoms with van der Waals surface area (Å²) in [5.41, 5.74) is 0. The van der Waals surface area contributed by atoms with Crippen LogP contribution in [0.3, 0.4) is 0 Å². The Hall–Kier alpha value is -0.870. The zero-order chi connectivity index (χ0) is 18.9. The third-order valence-corrected chi connectivity index (χ3v) is 4.67. The highest BCUT2D eigenvalue weighted by molar-refractivity contribution is 14.0. The van der Waals surface area contributed by atoms with E-state index in [4.69, 9.17) is 4.74 Å². The predicted octanol–water partition coefficient (Wildman–Crippen LogP) is 2.38. The largest absolute Gasteiger partial charge is 0.389 e. The standard InChI is InChI=1S/C19H35N5O2.HI/c1-5-21-19(22-10-17(25)13-26-12-15(2)3)23-8-6-16(4)18(11-23)24-9-7-20-14-24;/h7,9,14-18,25H,5-6,8,10-13H2,1-4H3,(H,21,22);1H. The van der Waals surface area contributed by atoms with Crippen molar-refractivity contribution in [3.8, 4) is 0 Å². The first kappa shape index (κ1) is 24.2. The Balaban J connectivity index is 0.00000364. The van der Waals surface area contributed by atoms with E-state index < -0.39 is 6.10 Å². The molecular weight excluding hydrogens is 457 g/mol. The molecule has 0 saturated carbocycles. The number of hydrogen-bond donors (Lipinski definition) is 2. The number of ether oxygens (including phenoxy) is 1. The van der Waals surface area contributed by atoms with Crippen LogP contribution in [-0.2, 0) is 4.74 Å². The summed E-state index contributed by atoms with van der Waals surface area (Å²) in [6.07, 6.45) is 6.29. The lowest BCUT2D eigenvalue weighted by atomic mass is 9.93. The van der Waals surface area contributed by atoms with Gasteiger partial charge in [0.15, 0.2) is 5.96 Å². The number of aliphatic imine (C=N–C) groups is 1. The van der Waals surface area contributed by atoms with Crippen molar-refractivity contribution in [3.63, 3.8) is 0 Å². The van der Waals surface area contributed by atoms with Crippen LogP contribution in [0.5, 0.6) is 0 Å². The number of nitrogens with one attached hydrogen (secondary N) is 1. The molecule has 27 heavy (non-hydrogen) atoms. The fourth-order valence-corrected chi connectivity index (χ4v) is 3.21. The van der Waals surface area contributed by atoms with Gasteiger partial charge in [0.05, 0.1) is 31.6 Å². The summed E-state index contributed by atoms with van der Waals surface area (Å²) < 4.78 is 7.70. The number of aromatic nitrogens is 2. The summed E-state index contributed by atoms with van der Waals surface area (Å²) in [4.78, 5) is 11.1. The molecule has 0 bridgehead atoms. The van der Waals surface area contributed by atoms with Crippen LogP contribution in [0.4, 0.5) is 0 Å². The van der Waals surface area contributed by atoms with E-state index in [0.717, 1.165) is 32.0 Å². The van der Waals surface area contributed by atoms with E-state index in [1.165, 1.54) is 0 Å². The normalized spacial score (nSPS) is 21.9. The van der Waals surface area contributed by atoms with E-state index in [-0.39, 0.29) is 24.0 Å². The molecule has 2 rings (SSSR count). The zero-order valence-electron chi connectivity index (χ0n) is 17.0. The molecular formula is C19H36IN5O2. The van der Waals surface area contributed by atoms with E-state index in [0.29, 0.717) is 37.6 Å². The molecule has 1 fully saturated rings. The van der Waals surface area contributed by atoms with Crippen molar-refractivity contribution in [1.82, 2.24) is 19.8 Å². The second-order valence-electron chi connectivity index (χ2n) is 7.57. The van der Waals surface area contributed by atoms with Crippen LogP contribution < -0.4 is 5.32 Å². The minimum absolute atomic E-state index is 0. The molecule has 0 aromatic carbocycles. The number of halogens is 1. The van der Waals surface area contributed by atoms with Crippen LogP contribution >= 0.6 is 24.0 Å². The Bertz CT molecular complexity index is 538. The molecule has 1 aliphatic heterocycles. The van der Waals surface area contributed by atoms with Crippen molar-refractivity contribution in [3.05, 3.63) is 18.7 Å². The summed E-state index contributed by atoms with van der Waals surface area (Å²) in [5, 5.41) is 13.5. The van der Waals surface area contributed by atoms with Crippen molar-refractivity contribution in [2.75, 3.05) is 39.4 Å². The van der Waals surface area contributed by atoms with E-state index in [9.17, 15) is 5.11 Å². The van der Waals surface area contributed by atoms with Gasteiger partial charge in [-0.2, -0.15) is 0 Å². The minimum atomic E-state index is -0.574. The second-order valence-corrected chi connectivity index (χ2v) is 7.57. The van der Waals surface area contributed by atoms with Gasteiger partial charge in [0.1, 0.15) is 0 Å². The van der Waals surface area contributed by atoms with Gasteiger partial charge >= 0.3 is 0 Å². The summed E-state index contributed by atoms with van der Waals surface area (Å²) in [6, 6.07) is 0.384. The number of piperidine rings is 1. The maximum absolute atomic E-state index is 10.1. The fraction of sp³-hybridized carbons (Fsp3) is 0.789. The Morgan fingerprint density at radius 2 is 2.19 bits per heavy atom. The first-order chi connectivity index (χ1) is 12.5. The van der Waals surface area contributed by atoms with Crippen molar-refractivity contribution in [2.45, 2.75) is 46.3 Å². The molecule has 2 heterocycles. The molecule has 3 unspecified atom stereocenters. The summed E-state index contributed by atoms with van der Waals surface area (Å²) in [5.74, 6) is 1.93. The first-order valence-corrected chi connectivity index (χ1v) is 9.77. The molecule has 2 N–H and O–H groups in total. The van der Waals surface area contributed by atoms with Gasteiger partial charge in [0.25, 0.3) is 0 Å². The number of imidazole rings is 1. The monoisotopic (exact) mass is 493 g/mol. The highest BCUT2D eigenvalue weighted by Crippen LogP contribution is 2.27. The molecule has 1 saturated heterocycles. The number of hydrogen-bond acceptors (Lipinski definition) is 4. The quantitative estimate of drug-likeness (QED) is 0.331. The molecule has 1 aromatic rings. The Labute approximate surface area is 180 Å². The molecule has 1 aromatic heterocycles. The van der Waals surface area contributed by atoms with E-state index in [2.05, 4.69) is 52.5 Å². The van der Waals surface area contributed by atoms with Crippen molar-refractivity contribution < 1.29 is 9.84 Å². The van der Waals surface area contributed by atoms with Gasteiger partial charge in [-0.3, -0.25) is 4.99 Å². The van der Waals surface area contributed by atoms with Gasteiger partial charge in [0.2, 0.25) is 0 Å². The lowest BCUT2D eigenvalue weighted by molar-refractivity contribution is 0.0300. The number of guanidine groups is 1. The SMILES string of the molecule is CCNC(=NCC(O)COCC(C)C)N1CCC(C)C(n2ccnc2)C1.I. The predicted molar refractivity (Wildman–Crippen MR) is 120 cm³/mol. The van der Waals surface area contributed by atoms with Crippen LogP contribution in [0.2, 0.25) is 0 Å². The van der Waals surface area contributed by atoms with E-state index in [1.807, 2.05) is 18.7 Å². The number of rotatable bonds is 8. The van der Waals surface area contributed by atoms with Gasteiger partial charge in [-0.25, -0.2) is 4.98 Å². The van der Waals surface area contributed by atoms with Crippen LogP contribution in [0.1, 0.15) is 40.2 Å². The molecule has 3 atom stereocenters.